The Balaban J connectivity index is 2.51. The van der Waals surface area contributed by atoms with Gasteiger partial charge in [-0.2, -0.15) is 0 Å². The highest BCUT2D eigenvalue weighted by Crippen LogP contribution is 2.20. The zero-order valence-corrected chi connectivity index (χ0v) is 10.2. The van der Waals surface area contributed by atoms with Crippen molar-refractivity contribution in [1.29, 1.82) is 0 Å². The van der Waals surface area contributed by atoms with Gasteiger partial charge in [-0.3, -0.25) is 9.69 Å². The molecule has 1 heterocycles. The first-order chi connectivity index (χ1) is 7.19. The number of ether oxygens (including phenoxy) is 1. The zero-order chi connectivity index (χ0) is 11.3. The molecule has 0 saturated carbocycles. The lowest BCUT2D eigenvalue weighted by molar-refractivity contribution is -0.148. The summed E-state index contributed by atoms with van der Waals surface area (Å²) in [4.78, 5) is 13.9. The molecule has 0 aromatic heterocycles. The Labute approximate surface area is 92.8 Å². The topological polar surface area (TPSA) is 29.5 Å². The molecule has 3 heteroatoms. The highest BCUT2D eigenvalue weighted by atomic mass is 16.5. The predicted molar refractivity (Wildman–Crippen MR) is 60.7 cm³/mol. The van der Waals surface area contributed by atoms with E-state index in [1.54, 1.807) is 0 Å². The van der Waals surface area contributed by atoms with Crippen molar-refractivity contribution in [3.05, 3.63) is 0 Å². The van der Waals surface area contributed by atoms with Crippen LogP contribution in [-0.2, 0) is 9.53 Å². The Kier molecular flexibility index (Phi) is 5.09. The van der Waals surface area contributed by atoms with Crippen molar-refractivity contribution in [2.24, 2.45) is 5.92 Å². The van der Waals surface area contributed by atoms with Gasteiger partial charge in [-0.05, 0) is 38.3 Å². The van der Waals surface area contributed by atoms with Crippen LogP contribution in [0, 0.1) is 5.92 Å². The molecule has 1 atom stereocenters. The fraction of sp³-hybridized carbons (Fsp3) is 0.917. The van der Waals surface area contributed by atoms with Crippen molar-refractivity contribution < 1.29 is 9.53 Å². The van der Waals surface area contributed by atoms with Crippen molar-refractivity contribution in [2.45, 2.75) is 45.6 Å². The summed E-state index contributed by atoms with van der Waals surface area (Å²) in [5.74, 6) is 0.743. The number of methoxy groups -OCH3 is 1. The number of likely N-dealkylation sites (tertiary alicyclic amines) is 1. The van der Waals surface area contributed by atoms with E-state index >= 15 is 0 Å². The number of hydrogen-bond acceptors (Lipinski definition) is 3. The number of rotatable bonds is 4. The SMILES string of the molecule is CCC[C@H](C(=O)OC)N1CCC(C)CC1. The van der Waals surface area contributed by atoms with Crippen LogP contribution in [-0.4, -0.2) is 37.1 Å². The third kappa shape index (κ3) is 3.49. The van der Waals surface area contributed by atoms with Crippen molar-refractivity contribution in [1.82, 2.24) is 4.90 Å². The molecule has 0 spiro atoms. The summed E-state index contributed by atoms with van der Waals surface area (Å²) in [5.41, 5.74) is 0. The second kappa shape index (κ2) is 6.11. The van der Waals surface area contributed by atoms with Crippen LogP contribution in [0.2, 0.25) is 0 Å². The predicted octanol–water partition coefficient (Wildman–Crippen LogP) is 2.06. The van der Waals surface area contributed by atoms with Gasteiger partial charge in [0.05, 0.1) is 7.11 Å². The molecule has 0 aliphatic carbocycles. The molecular weight excluding hydrogens is 190 g/mol. The summed E-state index contributed by atoms with van der Waals surface area (Å²) in [7, 11) is 1.48. The van der Waals surface area contributed by atoms with Gasteiger partial charge >= 0.3 is 5.97 Å². The average molecular weight is 213 g/mol. The number of esters is 1. The summed E-state index contributed by atoms with van der Waals surface area (Å²) in [6.07, 6.45) is 4.36. The summed E-state index contributed by atoms with van der Waals surface area (Å²) < 4.78 is 4.86. The molecule has 0 aromatic carbocycles. The van der Waals surface area contributed by atoms with E-state index in [0.717, 1.165) is 31.8 Å². The molecule has 1 saturated heterocycles. The fourth-order valence-electron chi connectivity index (χ4n) is 2.20. The van der Waals surface area contributed by atoms with Gasteiger partial charge in [-0.15, -0.1) is 0 Å². The van der Waals surface area contributed by atoms with E-state index in [2.05, 4.69) is 18.7 Å². The maximum absolute atomic E-state index is 11.6. The Morgan fingerprint density at radius 3 is 2.53 bits per heavy atom. The molecular formula is C12H23NO2. The van der Waals surface area contributed by atoms with E-state index in [-0.39, 0.29) is 12.0 Å². The summed E-state index contributed by atoms with van der Waals surface area (Å²) >= 11 is 0. The van der Waals surface area contributed by atoms with Crippen LogP contribution in [0.15, 0.2) is 0 Å². The second-order valence-corrected chi connectivity index (χ2v) is 4.55. The van der Waals surface area contributed by atoms with Gasteiger partial charge in [0.2, 0.25) is 0 Å². The molecule has 1 aliphatic heterocycles. The van der Waals surface area contributed by atoms with Crippen LogP contribution in [0.4, 0.5) is 0 Å². The number of hydrogen-bond donors (Lipinski definition) is 0. The summed E-state index contributed by atoms with van der Waals surface area (Å²) in [6.45, 7) is 6.48. The first kappa shape index (κ1) is 12.5. The van der Waals surface area contributed by atoms with E-state index in [9.17, 15) is 4.79 Å². The van der Waals surface area contributed by atoms with Crippen LogP contribution in [0.3, 0.4) is 0 Å². The highest BCUT2D eigenvalue weighted by Gasteiger charge is 2.28. The van der Waals surface area contributed by atoms with Gasteiger partial charge in [-0.1, -0.05) is 20.3 Å². The third-order valence-electron chi connectivity index (χ3n) is 3.29. The molecule has 3 nitrogen and oxygen atoms in total. The number of nitrogens with zero attached hydrogens (tertiary/aromatic N) is 1. The minimum absolute atomic E-state index is 0.00694. The molecule has 15 heavy (non-hydrogen) atoms. The second-order valence-electron chi connectivity index (χ2n) is 4.55. The molecule has 88 valence electrons. The first-order valence-corrected chi connectivity index (χ1v) is 6.01. The van der Waals surface area contributed by atoms with E-state index < -0.39 is 0 Å². The number of carbonyl (C=O) groups excluding carboxylic acids is 1. The van der Waals surface area contributed by atoms with Gasteiger partial charge in [0.15, 0.2) is 0 Å². The normalized spacial score (nSPS) is 21.3. The largest absolute Gasteiger partial charge is 0.468 e. The van der Waals surface area contributed by atoms with E-state index in [1.165, 1.54) is 20.0 Å². The fourth-order valence-corrected chi connectivity index (χ4v) is 2.20. The van der Waals surface area contributed by atoms with Gasteiger partial charge in [0.25, 0.3) is 0 Å². The van der Waals surface area contributed by atoms with Crippen molar-refractivity contribution in [3.8, 4) is 0 Å². The maximum atomic E-state index is 11.6. The van der Waals surface area contributed by atoms with Crippen LogP contribution >= 0.6 is 0 Å². The monoisotopic (exact) mass is 213 g/mol. The molecule has 0 radical (unpaired) electrons. The number of piperidine rings is 1. The van der Waals surface area contributed by atoms with Gasteiger partial charge in [-0.25, -0.2) is 0 Å². The highest BCUT2D eigenvalue weighted by molar-refractivity contribution is 5.75. The van der Waals surface area contributed by atoms with E-state index in [0.29, 0.717) is 0 Å². The molecule has 0 N–H and O–H groups in total. The Hall–Kier alpha value is -0.570. The average Bonchev–Trinajstić information content (AvgIpc) is 2.26. The van der Waals surface area contributed by atoms with Crippen molar-refractivity contribution in [2.75, 3.05) is 20.2 Å². The molecule has 1 aliphatic rings. The quantitative estimate of drug-likeness (QED) is 0.669. The van der Waals surface area contributed by atoms with Gasteiger partial charge < -0.3 is 4.74 Å². The minimum atomic E-state index is -0.0635. The summed E-state index contributed by atoms with van der Waals surface area (Å²) in [5, 5.41) is 0. The molecule has 1 fully saturated rings. The van der Waals surface area contributed by atoms with Crippen molar-refractivity contribution >= 4 is 5.97 Å². The molecule has 0 amide bonds. The Morgan fingerprint density at radius 1 is 1.47 bits per heavy atom. The summed E-state index contributed by atoms with van der Waals surface area (Å²) in [6, 6.07) is -0.00694. The first-order valence-electron chi connectivity index (χ1n) is 6.01. The van der Waals surface area contributed by atoms with Gasteiger partial charge in [0.1, 0.15) is 6.04 Å². The molecule has 0 aromatic rings. The number of carbonyl (C=O) groups is 1. The maximum Gasteiger partial charge on any atom is 0.323 e. The molecule has 1 rings (SSSR count). The molecule has 0 bridgehead atoms. The minimum Gasteiger partial charge on any atom is -0.468 e. The van der Waals surface area contributed by atoms with Crippen LogP contribution in [0.1, 0.15) is 39.5 Å². The van der Waals surface area contributed by atoms with E-state index in [1.807, 2.05) is 0 Å². The smallest absolute Gasteiger partial charge is 0.323 e. The Morgan fingerprint density at radius 2 is 2.07 bits per heavy atom. The zero-order valence-electron chi connectivity index (χ0n) is 10.2. The third-order valence-corrected chi connectivity index (χ3v) is 3.29. The van der Waals surface area contributed by atoms with Gasteiger partial charge in [0, 0.05) is 0 Å². The molecule has 0 unspecified atom stereocenters. The van der Waals surface area contributed by atoms with Crippen LogP contribution < -0.4 is 0 Å². The van der Waals surface area contributed by atoms with E-state index in [4.69, 9.17) is 4.74 Å². The van der Waals surface area contributed by atoms with Crippen molar-refractivity contribution in [3.63, 3.8) is 0 Å². The Bertz CT molecular complexity index is 198. The standard InChI is InChI=1S/C12H23NO2/c1-4-5-11(12(14)15-3)13-8-6-10(2)7-9-13/h10-11H,4-9H2,1-3H3/t11-/m1/s1. The van der Waals surface area contributed by atoms with Crippen LogP contribution in [0.5, 0.6) is 0 Å². The van der Waals surface area contributed by atoms with Crippen LogP contribution in [0.25, 0.3) is 0 Å². The lowest BCUT2D eigenvalue weighted by atomic mass is 9.97. The lowest BCUT2D eigenvalue weighted by Crippen LogP contribution is -2.45. The lowest BCUT2D eigenvalue weighted by Gasteiger charge is -2.35.